The number of urea groups is 1. The van der Waals surface area contributed by atoms with E-state index in [2.05, 4.69) is 6.07 Å². The van der Waals surface area contributed by atoms with Crippen LogP contribution in [-0.4, -0.2) is 47.5 Å². The highest BCUT2D eigenvalue weighted by Gasteiger charge is 2.36. The Labute approximate surface area is 160 Å². The summed E-state index contributed by atoms with van der Waals surface area (Å²) in [7, 11) is 1.83. The molecule has 0 aromatic heterocycles. The van der Waals surface area contributed by atoms with Crippen LogP contribution in [0.4, 0.5) is 9.18 Å². The standard InChI is InChI=1S/C22H28FN3O/c1-15(2)25(3)22(27)26-11-10-20(24)21(26)13-16-6-4-7-17(12-16)18-8-5-9-19(23)14-18/h4-9,12,14-15,20-21H,10-11,13,24H2,1-3H3. The summed E-state index contributed by atoms with van der Waals surface area (Å²) in [5, 5.41) is 0. The van der Waals surface area contributed by atoms with Gasteiger partial charge in [0.25, 0.3) is 0 Å². The summed E-state index contributed by atoms with van der Waals surface area (Å²) in [5.74, 6) is -0.246. The van der Waals surface area contributed by atoms with E-state index in [-0.39, 0.29) is 30.0 Å². The van der Waals surface area contributed by atoms with Crippen molar-refractivity contribution in [3.63, 3.8) is 0 Å². The largest absolute Gasteiger partial charge is 0.326 e. The van der Waals surface area contributed by atoms with Gasteiger partial charge in [-0.1, -0.05) is 36.4 Å². The second-order valence-corrected chi connectivity index (χ2v) is 7.62. The summed E-state index contributed by atoms with van der Waals surface area (Å²) in [6.45, 7) is 4.70. The quantitative estimate of drug-likeness (QED) is 0.889. The number of nitrogens with two attached hydrogens (primary N) is 1. The Balaban J connectivity index is 1.81. The molecule has 1 aliphatic rings. The van der Waals surface area contributed by atoms with Gasteiger partial charge in [0.2, 0.25) is 0 Å². The molecule has 0 aliphatic carbocycles. The molecule has 1 heterocycles. The third-order valence-electron chi connectivity index (χ3n) is 5.45. The maximum Gasteiger partial charge on any atom is 0.320 e. The van der Waals surface area contributed by atoms with Crippen LogP contribution in [0.3, 0.4) is 0 Å². The average Bonchev–Trinajstić information content (AvgIpc) is 3.01. The molecular formula is C22H28FN3O. The zero-order valence-corrected chi connectivity index (χ0v) is 16.2. The molecule has 2 amide bonds. The topological polar surface area (TPSA) is 49.6 Å². The van der Waals surface area contributed by atoms with Crippen LogP contribution in [-0.2, 0) is 6.42 Å². The van der Waals surface area contributed by atoms with Crippen molar-refractivity contribution < 1.29 is 9.18 Å². The molecule has 1 fully saturated rings. The molecule has 0 spiro atoms. The summed E-state index contributed by atoms with van der Waals surface area (Å²) < 4.78 is 13.5. The van der Waals surface area contributed by atoms with Gasteiger partial charge in [-0.3, -0.25) is 0 Å². The molecule has 3 rings (SSSR count). The molecule has 144 valence electrons. The van der Waals surface area contributed by atoms with E-state index in [9.17, 15) is 9.18 Å². The average molecular weight is 369 g/mol. The molecular weight excluding hydrogens is 341 g/mol. The van der Waals surface area contributed by atoms with Crippen molar-refractivity contribution in [2.24, 2.45) is 5.73 Å². The second kappa shape index (κ2) is 8.09. The number of rotatable bonds is 4. The molecule has 2 aromatic rings. The minimum absolute atomic E-state index is 0.0264. The molecule has 5 heteroatoms. The summed E-state index contributed by atoms with van der Waals surface area (Å²) in [5.41, 5.74) is 9.25. The molecule has 4 nitrogen and oxygen atoms in total. The summed E-state index contributed by atoms with van der Waals surface area (Å²) in [6.07, 6.45) is 1.51. The van der Waals surface area contributed by atoms with E-state index in [4.69, 9.17) is 5.73 Å². The fraction of sp³-hybridized carbons (Fsp3) is 0.409. The van der Waals surface area contributed by atoms with Crippen molar-refractivity contribution in [2.45, 2.75) is 44.8 Å². The van der Waals surface area contributed by atoms with Crippen LogP contribution < -0.4 is 5.73 Å². The summed E-state index contributed by atoms with van der Waals surface area (Å²) >= 11 is 0. The predicted molar refractivity (Wildman–Crippen MR) is 107 cm³/mol. The summed E-state index contributed by atoms with van der Waals surface area (Å²) in [4.78, 5) is 16.5. The van der Waals surface area contributed by atoms with Gasteiger partial charge in [-0.2, -0.15) is 0 Å². The van der Waals surface area contributed by atoms with Gasteiger partial charge in [0.05, 0.1) is 6.04 Å². The van der Waals surface area contributed by atoms with Crippen molar-refractivity contribution in [1.82, 2.24) is 9.80 Å². The first-order valence-electron chi connectivity index (χ1n) is 9.50. The van der Waals surface area contributed by atoms with Gasteiger partial charge in [0, 0.05) is 25.7 Å². The Hall–Kier alpha value is -2.40. The monoisotopic (exact) mass is 369 g/mol. The van der Waals surface area contributed by atoms with Crippen LogP contribution >= 0.6 is 0 Å². The number of benzene rings is 2. The molecule has 2 unspecified atom stereocenters. The van der Waals surface area contributed by atoms with Crippen LogP contribution in [0.1, 0.15) is 25.8 Å². The lowest BCUT2D eigenvalue weighted by molar-refractivity contribution is 0.146. The van der Waals surface area contributed by atoms with Gasteiger partial charge >= 0.3 is 6.03 Å². The number of carbonyl (C=O) groups excluding carboxylic acids is 1. The number of amides is 2. The van der Waals surface area contributed by atoms with Gasteiger partial charge in [-0.25, -0.2) is 9.18 Å². The lowest BCUT2D eigenvalue weighted by Crippen LogP contribution is -2.50. The van der Waals surface area contributed by atoms with Gasteiger partial charge in [-0.15, -0.1) is 0 Å². The predicted octanol–water partition coefficient (Wildman–Crippen LogP) is 3.90. The first kappa shape index (κ1) is 19.4. The van der Waals surface area contributed by atoms with Gasteiger partial charge < -0.3 is 15.5 Å². The molecule has 0 bridgehead atoms. The van der Waals surface area contributed by atoms with E-state index in [1.165, 1.54) is 12.1 Å². The van der Waals surface area contributed by atoms with E-state index < -0.39 is 0 Å². The molecule has 1 aliphatic heterocycles. The molecule has 2 aromatic carbocycles. The van der Waals surface area contributed by atoms with Crippen molar-refractivity contribution in [3.8, 4) is 11.1 Å². The van der Waals surface area contributed by atoms with E-state index >= 15 is 0 Å². The smallest absolute Gasteiger partial charge is 0.320 e. The third-order valence-corrected chi connectivity index (χ3v) is 5.45. The van der Waals surface area contributed by atoms with Crippen molar-refractivity contribution in [3.05, 3.63) is 59.9 Å². The maximum absolute atomic E-state index is 13.5. The van der Waals surface area contributed by atoms with Crippen molar-refractivity contribution in [2.75, 3.05) is 13.6 Å². The molecule has 1 saturated heterocycles. The molecule has 27 heavy (non-hydrogen) atoms. The Morgan fingerprint density at radius 1 is 1.22 bits per heavy atom. The first-order valence-corrected chi connectivity index (χ1v) is 9.50. The van der Waals surface area contributed by atoms with Gasteiger partial charge in [0.1, 0.15) is 5.82 Å². The van der Waals surface area contributed by atoms with Crippen LogP contribution in [0.25, 0.3) is 11.1 Å². The zero-order valence-electron chi connectivity index (χ0n) is 16.2. The van der Waals surface area contributed by atoms with Crippen molar-refractivity contribution in [1.29, 1.82) is 0 Å². The highest BCUT2D eigenvalue weighted by atomic mass is 19.1. The summed E-state index contributed by atoms with van der Waals surface area (Å²) in [6, 6.07) is 14.8. The van der Waals surface area contributed by atoms with Gasteiger partial charge in [0.15, 0.2) is 0 Å². The normalized spacial score (nSPS) is 19.6. The first-order chi connectivity index (χ1) is 12.9. The zero-order chi connectivity index (χ0) is 19.6. The Morgan fingerprint density at radius 2 is 1.89 bits per heavy atom. The number of hydrogen-bond donors (Lipinski definition) is 1. The van der Waals surface area contributed by atoms with E-state index in [0.717, 1.165) is 23.1 Å². The lowest BCUT2D eigenvalue weighted by atomic mass is 9.97. The van der Waals surface area contributed by atoms with E-state index in [1.807, 2.05) is 50.1 Å². The SMILES string of the molecule is CC(C)N(C)C(=O)N1CCC(N)C1Cc1cccc(-c2cccc(F)c2)c1. The fourth-order valence-electron chi connectivity index (χ4n) is 3.59. The number of carbonyl (C=O) groups is 1. The number of halogens is 1. The Morgan fingerprint density at radius 3 is 2.56 bits per heavy atom. The van der Waals surface area contributed by atoms with Crippen molar-refractivity contribution >= 4 is 6.03 Å². The Kier molecular flexibility index (Phi) is 5.80. The number of likely N-dealkylation sites (tertiary alicyclic amines) is 1. The van der Waals surface area contributed by atoms with Gasteiger partial charge in [-0.05, 0) is 55.5 Å². The van der Waals surface area contributed by atoms with E-state index in [0.29, 0.717) is 13.0 Å². The molecule has 2 atom stereocenters. The molecule has 0 saturated carbocycles. The highest BCUT2D eigenvalue weighted by molar-refractivity contribution is 5.75. The maximum atomic E-state index is 13.5. The third kappa shape index (κ3) is 4.30. The van der Waals surface area contributed by atoms with Crippen LogP contribution in [0.5, 0.6) is 0 Å². The fourth-order valence-corrected chi connectivity index (χ4v) is 3.59. The molecule has 2 N–H and O–H groups in total. The van der Waals surface area contributed by atoms with Crippen LogP contribution in [0.15, 0.2) is 48.5 Å². The minimum Gasteiger partial charge on any atom is -0.326 e. The Bertz CT molecular complexity index is 808. The van der Waals surface area contributed by atoms with Crippen LogP contribution in [0, 0.1) is 5.82 Å². The van der Waals surface area contributed by atoms with E-state index in [1.54, 1.807) is 11.0 Å². The second-order valence-electron chi connectivity index (χ2n) is 7.62. The van der Waals surface area contributed by atoms with Crippen LogP contribution in [0.2, 0.25) is 0 Å². The highest BCUT2D eigenvalue weighted by Crippen LogP contribution is 2.26. The lowest BCUT2D eigenvalue weighted by Gasteiger charge is -2.33. The minimum atomic E-state index is -0.246. The molecule has 0 radical (unpaired) electrons. The number of nitrogens with zero attached hydrogens (tertiary/aromatic N) is 2. The number of hydrogen-bond acceptors (Lipinski definition) is 2.